The summed E-state index contributed by atoms with van der Waals surface area (Å²) < 4.78 is 0. The molecule has 1 aliphatic heterocycles. The molecule has 0 amide bonds. The van der Waals surface area contributed by atoms with Crippen LogP contribution in [0, 0.1) is 5.92 Å². The topological polar surface area (TPSA) is 28.2 Å². The minimum atomic E-state index is 0.904. The number of nitrogens with zero attached hydrogens (tertiary/aromatic N) is 2. The molecule has 1 N–H and O–H groups in total. The summed E-state index contributed by atoms with van der Waals surface area (Å²) in [6.45, 7) is 4.61. The van der Waals surface area contributed by atoms with Crippen molar-refractivity contribution in [1.29, 1.82) is 0 Å². The van der Waals surface area contributed by atoms with Gasteiger partial charge in [-0.2, -0.15) is 0 Å². The molecule has 0 aromatic carbocycles. The molecule has 0 atom stereocenters. The summed E-state index contributed by atoms with van der Waals surface area (Å²) in [4.78, 5) is 6.49. The molecule has 0 radical (unpaired) electrons. The number of pyridine rings is 1. The Morgan fingerprint density at radius 3 is 3.00 bits per heavy atom. The maximum absolute atomic E-state index is 4.12. The van der Waals surface area contributed by atoms with Crippen molar-refractivity contribution in [2.75, 3.05) is 26.7 Å². The zero-order valence-corrected chi connectivity index (χ0v) is 9.32. The fraction of sp³-hybridized carbons (Fsp3) is 0.583. The van der Waals surface area contributed by atoms with Crippen LogP contribution in [0.25, 0.3) is 0 Å². The third-order valence-corrected chi connectivity index (χ3v) is 2.96. The predicted octanol–water partition coefficient (Wildman–Crippen LogP) is 1.12. The largest absolute Gasteiger partial charge is 0.316 e. The van der Waals surface area contributed by atoms with Gasteiger partial charge in [0.1, 0.15) is 0 Å². The Kier molecular flexibility index (Phi) is 3.69. The van der Waals surface area contributed by atoms with E-state index in [0.717, 1.165) is 12.5 Å². The molecule has 0 aliphatic carbocycles. The van der Waals surface area contributed by atoms with E-state index in [2.05, 4.69) is 28.3 Å². The van der Waals surface area contributed by atoms with E-state index in [1.54, 1.807) is 0 Å². The van der Waals surface area contributed by atoms with E-state index in [1.165, 1.54) is 31.6 Å². The van der Waals surface area contributed by atoms with Crippen LogP contribution in [0.5, 0.6) is 0 Å². The van der Waals surface area contributed by atoms with Crippen molar-refractivity contribution in [2.45, 2.75) is 13.0 Å². The Labute approximate surface area is 91.5 Å². The van der Waals surface area contributed by atoms with Gasteiger partial charge in [-0.3, -0.25) is 4.98 Å². The van der Waals surface area contributed by atoms with E-state index in [9.17, 15) is 0 Å². The molecule has 2 rings (SSSR count). The van der Waals surface area contributed by atoms with Crippen molar-refractivity contribution < 1.29 is 0 Å². The lowest BCUT2D eigenvalue weighted by molar-refractivity contribution is 0.252. The molecule has 1 aliphatic rings. The van der Waals surface area contributed by atoms with Gasteiger partial charge in [0, 0.05) is 18.9 Å². The van der Waals surface area contributed by atoms with Crippen molar-refractivity contribution in [3.05, 3.63) is 30.1 Å². The molecular weight excluding hydrogens is 186 g/mol. The predicted molar refractivity (Wildman–Crippen MR) is 61.5 cm³/mol. The Balaban J connectivity index is 1.69. The lowest BCUT2D eigenvalue weighted by Gasteiger charge is -2.29. The summed E-state index contributed by atoms with van der Waals surface area (Å²) in [5.41, 5.74) is 1.30. The van der Waals surface area contributed by atoms with E-state index in [4.69, 9.17) is 0 Å². The maximum Gasteiger partial charge on any atom is 0.0312 e. The van der Waals surface area contributed by atoms with E-state index >= 15 is 0 Å². The zero-order valence-electron chi connectivity index (χ0n) is 9.32. The van der Waals surface area contributed by atoms with Gasteiger partial charge in [-0.25, -0.2) is 0 Å². The highest BCUT2D eigenvalue weighted by atomic mass is 15.1. The van der Waals surface area contributed by atoms with Gasteiger partial charge in [0.25, 0.3) is 0 Å². The monoisotopic (exact) mass is 205 g/mol. The van der Waals surface area contributed by atoms with Gasteiger partial charge in [-0.05, 0) is 50.7 Å². The SMILES string of the molecule is CN(CCC1CNC1)Cc1cccnc1. The van der Waals surface area contributed by atoms with Gasteiger partial charge >= 0.3 is 0 Å². The Morgan fingerprint density at radius 2 is 2.40 bits per heavy atom. The quantitative estimate of drug-likeness (QED) is 0.781. The molecule has 0 unspecified atom stereocenters. The lowest BCUT2D eigenvalue weighted by Crippen LogP contribution is -2.43. The minimum absolute atomic E-state index is 0.904. The number of rotatable bonds is 5. The second-order valence-electron chi connectivity index (χ2n) is 4.41. The Bertz CT molecular complexity index is 282. The first-order valence-corrected chi connectivity index (χ1v) is 5.63. The second-order valence-corrected chi connectivity index (χ2v) is 4.41. The third-order valence-electron chi connectivity index (χ3n) is 2.96. The molecule has 0 saturated carbocycles. The van der Waals surface area contributed by atoms with Gasteiger partial charge in [-0.1, -0.05) is 6.07 Å². The van der Waals surface area contributed by atoms with E-state index in [-0.39, 0.29) is 0 Å². The van der Waals surface area contributed by atoms with Crippen LogP contribution in [0.15, 0.2) is 24.5 Å². The third kappa shape index (κ3) is 3.29. The molecular formula is C12H19N3. The van der Waals surface area contributed by atoms with Gasteiger partial charge in [-0.15, -0.1) is 0 Å². The highest BCUT2D eigenvalue weighted by molar-refractivity contribution is 5.07. The van der Waals surface area contributed by atoms with Crippen molar-refractivity contribution in [2.24, 2.45) is 5.92 Å². The fourth-order valence-corrected chi connectivity index (χ4v) is 1.84. The second kappa shape index (κ2) is 5.24. The number of hydrogen-bond acceptors (Lipinski definition) is 3. The number of aromatic nitrogens is 1. The van der Waals surface area contributed by atoms with Crippen molar-refractivity contribution >= 4 is 0 Å². The summed E-state index contributed by atoms with van der Waals surface area (Å²) in [6.07, 6.45) is 5.08. The summed E-state index contributed by atoms with van der Waals surface area (Å²) >= 11 is 0. The summed E-state index contributed by atoms with van der Waals surface area (Å²) in [5, 5.41) is 3.31. The zero-order chi connectivity index (χ0) is 10.5. The van der Waals surface area contributed by atoms with E-state index < -0.39 is 0 Å². The molecule has 1 fully saturated rings. The van der Waals surface area contributed by atoms with E-state index in [1.807, 2.05) is 18.5 Å². The van der Waals surface area contributed by atoms with Gasteiger partial charge in [0.15, 0.2) is 0 Å². The van der Waals surface area contributed by atoms with Crippen LogP contribution in [0.3, 0.4) is 0 Å². The lowest BCUT2D eigenvalue weighted by atomic mass is 9.99. The molecule has 2 heterocycles. The molecule has 15 heavy (non-hydrogen) atoms. The first-order chi connectivity index (χ1) is 7.34. The summed E-state index contributed by atoms with van der Waals surface area (Å²) in [7, 11) is 2.18. The van der Waals surface area contributed by atoms with E-state index in [0.29, 0.717) is 0 Å². The molecule has 1 saturated heterocycles. The highest BCUT2D eigenvalue weighted by Crippen LogP contribution is 2.09. The first-order valence-electron chi connectivity index (χ1n) is 5.63. The highest BCUT2D eigenvalue weighted by Gasteiger charge is 2.16. The van der Waals surface area contributed by atoms with Crippen LogP contribution in [0.1, 0.15) is 12.0 Å². The molecule has 82 valence electrons. The van der Waals surface area contributed by atoms with Crippen molar-refractivity contribution in [1.82, 2.24) is 15.2 Å². The van der Waals surface area contributed by atoms with Crippen LogP contribution in [-0.2, 0) is 6.54 Å². The normalized spacial score (nSPS) is 16.7. The average molecular weight is 205 g/mol. The summed E-state index contributed by atoms with van der Waals surface area (Å²) in [5.74, 6) is 0.904. The fourth-order valence-electron chi connectivity index (χ4n) is 1.84. The molecule has 0 spiro atoms. The maximum atomic E-state index is 4.12. The minimum Gasteiger partial charge on any atom is -0.316 e. The number of nitrogens with one attached hydrogen (secondary N) is 1. The van der Waals surface area contributed by atoms with Crippen molar-refractivity contribution in [3.63, 3.8) is 0 Å². The van der Waals surface area contributed by atoms with Crippen LogP contribution in [0.4, 0.5) is 0 Å². The first kappa shape index (κ1) is 10.6. The van der Waals surface area contributed by atoms with Gasteiger partial charge in [0.05, 0.1) is 0 Å². The van der Waals surface area contributed by atoms with Crippen LogP contribution < -0.4 is 5.32 Å². The van der Waals surface area contributed by atoms with Crippen LogP contribution in [0.2, 0.25) is 0 Å². The van der Waals surface area contributed by atoms with Gasteiger partial charge < -0.3 is 10.2 Å². The van der Waals surface area contributed by atoms with Crippen LogP contribution in [-0.4, -0.2) is 36.6 Å². The summed E-state index contributed by atoms with van der Waals surface area (Å²) in [6, 6.07) is 4.13. The number of hydrogen-bond donors (Lipinski definition) is 1. The smallest absolute Gasteiger partial charge is 0.0312 e. The molecule has 3 nitrogen and oxygen atoms in total. The molecule has 0 bridgehead atoms. The molecule has 3 heteroatoms. The Hall–Kier alpha value is -0.930. The molecule has 1 aromatic heterocycles. The average Bonchev–Trinajstić information content (AvgIpc) is 2.17. The standard InChI is InChI=1S/C12H19N3/c1-15(6-4-11-7-14-8-11)10-12-3-2-5-13-9-12/h2-3,5,9,11,14H,4,6-8,10H2,1H3. The van der Waals surface area contributed by atoms with Crippen LogP contribution >= 0.6 is 0 Å². The van der Waals surface area contributed by atoms with Crippen molar-refractivity contribution in [3.8, 4) is 0 Å². The van der Waals surface area contributed by atoms with Gasteiger partial charge in [0.2, 0.25) is 0 Å². The molecule has 1 aromatic rings. The Morgan fingerprint density at radius 1 is 1.53 bits per heavy atom.